The van der Waals surface area contributed by atoms with Crippen molar-refractivity contribution in [2.45, 2.75) is 110 Å². The first-order valence-electron chi connectivity index (χ1n) is 10.7. The van der Waals surface area contributed by atoms with Gasteiger partial charge in [0.2, 0.25) is 0 Å². The smallest absolute Gasteiger partial charge is 0.0844 e. The Morgan fingerprint density at radius 2 is 1.33 bits per heavy atom. The molecule has 0 bridgehead atoms. The molecule has 5 atom stereocenters. The standard InChI is InChI=1S/C21H43NO2/c1-5-9-12-17-18(13-10-6-2)21(22)19(14-11-7-3)24-20(17)16-23-15-8-4/h17-21H,5-16,22H2,1-4H3/t17-,18+,19?,20-,21+/m0/s1. The van der Waals surface area contributed by atoms with Crippen molar-refractivity contribution in [3.8, 4) is 0 Å². The first-order valence-corrected chi connectivity index (χ1v) is 10.7. The van der Waals surface area contributed by atoms with E-state index in [0.717, 1.165) is 26.1 Å². The minimum Gasteiger partial charge on any atom is -0.379 e. The van der Waals surface area contributed by atoms with Crippen LogP contribution in [0.5, 0.6) is 0 Å². The van der Waals surface area contributed by atoms with Crippen molar-refractivity contribution in [1.82, 2.24) is 0 Å². The van der Waals surface area contributed by atoms with Crippen molar-refractivity contribution in [1.29, 1.82) is 0 Å². The molecule has 1 unspecified atom stereocenters. The Balaban J connectivity index is 2.82. The first-order chi connectivity index (χ1) is 11.7. The summed E-state index contributed by atoms with van der Waals surface area (Å²) in [6.45, 7) is 10.6. The van der Waals surface area contributed by atoms with Crippen molar-refractivity contribution in [2.24, 2.45) is 17.6 Å². The molecule has 0 aromatic heterocycles. The maximum atomic E-state index is 6.72. The van der Waals surface area contributed by atoms with Gasteiger partial charge in [-0.2, -0.15) is 0 Å². The lowest BCUT2D eigenvalue weighted by Crippen LogP contribution is -2.56. The zero-order valence-electron chi connectivity index (χ0n) is 16.8. The van der Waals surface area contributed by atoms with Crippen LogP contribution in [0.3, 0.4) is 0 Å². The van der Waals surface area contributed by atoms with Gasteiger partial charge in [0.1, 0.15) is 0 Å². The Kier molecular flexibility index (Phi) is 12.0. The zero-order chi connectivity index (χ0) is 17.8. The van der Waals surface area contributed by atoms with E-state index >= 15 is 0 Å². The number of unbranched alkanes of at least 4 members (excludes halogenated alkanes) is 3. The van der Waals surface area contributed by atoms with Gasteiger partial charge in [0.25, 0.3) is 0 Å². The summed E-state index contributed by atoms with van der Waals surface area (Å²) >= 11 is 0. The van der Waals surface area contributed by atoms with Gasteiger partial charge in [-0.3, -0.25) is 0 Å². The molecule has 0 aromatic carbocycles. The fourth-order valence-corrected chi connectivity index (χ4v) is 4.11. The molecule has 3 heteroatoms. The topological polar surface area (TPSA) is 44.5 Å². The van der Waals surface area contributed by atoms with E-state index in [0.29, 0.717) is 11.8 Å². The summed E-state index contributed by atoms with van der Waals surface area (Å²) in [6.07, 6.45) is 12.6. The molecule has 1 aliphatic rings. The van der Waals surface area contributed by atoms with Crippen LogP contribution in [0.2, 0.25) is 0 Å². The van der Waals surface area contributed by atoms with Crippen LogP contribution in [0.1, 0.15) is 91.9 Å². The largest absolute Gasteiger partial charge is 0.379 e. The number of ether oxygens (including phenoxy) is 2. The molecule has 3 nitrogen and oxygen atoms in total. The third kappa shape index (κ3) is 7.01. The van der Waals surface area contributed by atoms with Crippen molar-refractivity contribution < 1.29 is 9.47 Å². The van der Waals surface area contributed by atoms with Gasteiger partial charge in [0, 0.05) is 12.6 Å². The second-order valence-corrected chi connectivity index (χ2v) is 7.62. The third-order valence-corrected chi connectivity index (χ3v) is 5.56. The van der Waals surface area contributed by atoms with Gasteiger partial charge in [-0.05, 0) is 37.5 Å². The SMILES string of the molecule is CCCCC1O[C@@H](COCCC)[C@@H](CCCC)[C@@H](CCCC)[C@H]1N. The van der Waals surface area contributed by atoms with Gasteiger partial charge >= 0.3 is 0 Å². The lowest BCUT2D eigenvalue weighted by atomic mass is 9.72. The van der Waals surface area contributed by atoms with E-state index < -0.39 is 0 Å². The number of rotatable bonds is 13. The maximum Gasteiger partial charge on any atom is 0.0844 e. The van der Waals surface area contributed by atoms with Crippen molar-refractivity contribution in [3.63, 3.8) is 0 Å². The predicted molar refractivity (Wildman–Crippen MR) is 103 cm³/mol. The van der Waals surface area contributed by atoms with E-state index in [1.807, 2.05) is 0 Å². The Morgan fingerprint density at radius 1 is 0.750 bits per heavy atom. The summed E-state index contributed by atoms with van der Waals surface area (Å²) in [5, 5.41) is 0. The number of hydrogen-bond donors (Lipinski definition) is 1. The monoisotopic (exact) mass is 341 g/mol. The summed E-state index contributed by atoms with van der Waals surface area (Å²) in [7, 11) is 0. The summed E-state index contributed by atoms with van der Waals surface area (Å²) in [6, 6.07) is 0.201. The summed E-state index contributed by atoms with van der Waals surface area (Å²) in [5.74, 6) is 1.17. The highest BCUT2D eigenvalue weighted by atomic mass is 16.5. The molecule has 2 N–H and O–H groups in total. The molecule has 1 heterocycles. The van der Waals surface area contributed by atoms with Crippen LogP contribution < -0.4 is 5.73 Å². The summed E-state index contributed by atoms with van der Waals surface area (Å²) in [5.41, 5.74) is 6.72. The molecule has 0 radical (unpaired) electrons. The molecule has 0 amide bonds. The number of nitrogens with two attached hydrogens (primary N) is 1. The van der Waals surface area contributed by atoms with E-state index in [4.69, 9.17) is 15.2 Å². The first kappa shape index (κ1) is 21.9. The predicted octanol–water partition coefficient (Wildman–Crippen LogP) is 5.31. The van der Waals surface area contributed by atoms with Crippen LogP contribution in [0.25, 0.3) is 0 Å². The van der Waals surface area contributed by atoms with Gasteiger partial charge in [-0.25, -0.2) is 0 Å². The van der Waals surface area contributed by atoms with Crippen LogP contribution in [0, 0.1) is 11.8 Å². The van der Waals surface area contributed by atoms with Crippen molar-refractivity contribution >= 4 is 0 Å². The molecular formula is C21H43NO2. The maximum absolute atomic E-state index is 6.72. The Bertz CT molecular complexity index is 290. The minimum absolute atomic E-state index is 0.201. The highest BCUT2D eigenvalue weighted by molar-refractivity contribution is 4.94. The fraction of sp³-hybridized carbons (Fsp3) is 1.00. The summed E-state index contributed by atoms with van der Waals surface area (Å²) in [4.78, 5) is 0. The molecular weight excluding hydrogens is 298 g/mol. The van der Waals surface area contributed by atoms with E-state index in [9.17, 15) is 0 Å². The molecule has 0 aromatic rings. The van der Waals surface area contributed by atoms with Crippen molar-refractivity contribution in [3.05, 3.63) is 0 Å². The Morgan fingerprint density at radius 3 is 1.92 bits per heavy atom. The zero-order valence-corrected chi connectivity index (χ0v) is 16.8. The third-order valence-electron chi connectivity index (χ3n) is 5.56. The van der Waals surface area contributed by atoms with Crippen LogP contribution >= 0.6 is 0 Å². The van der Waals surface area contributed by atoms with Gasteiger partial charge in [0.15, 0.2) is 0 Å². The Labute approximate surface area is 151 Å². The highest BCUT2D eigenvalue weighted by Gasteiger charge is 2.42. The van der Waals surface area contributed by atoms with E-state index in [1.165, 1.54) is 51.4 Å². The average Bonchev–Trinajstić information content (AvgIpc) is 2.59. The molecule has 1 fully saturated rings. The molecule has 0 spiro atoms. The average molecular weight is 342 g/mol. The van der Waals surface area contributed by atoms with E-state index in [2.05, 4.69) is 27.7 Å². The molecule has 0 aliphatic carbocycles. The van der Waals surface area contributed by atoms with Crippen LogP contribution in [0.4, 0.5) is 0 Å². The molecule has 144 valence electrons. The highest BCUT2D eigenvalue weighted by Crippen LogP contribution is 2.38. The van der Waals surface area contributed by atoms with Gasteiger partial charge in [0.05, 0.1) is 18.8 Å². The number of hydrogen-bond acceptors (Lipinski definition) is 3. The minimum atomic E-state index is 0.201. The van der Waals surface area contributed by atoms with Crippen LogP contribution in [-0.2, 0) is 9.47 Å². The van der Waals surface area contributed by atoms with Crippen molar-refractivity contribution in [2.75, 3.05) is 13.2 Å². The second kappa shape index (κ2) is 13.1. The van der Waals surface area contributed by atoms with Gasteiger partial charge in [-0.15, -0.1) is 0 Å². The van der Waals surface area contributed by atoms with Crippen LogP contribution in [0.15, 0.2) is 0 Å². The normalized spacial score (nSPS) is 30.6. The van der Waals surface area contributed by atoms with E-state index in [-0.39, 0.29) is 18.2 Å². The summed E-state index contributed by atoms with van der Waals surface area (Å²) < 4.78 is 12.4. The van der Waals surface area contributed by atoms with Gasteiger partial charge in [-0.1, -0.05) is 66.2 Å². The van der Waals surface area contributed by atoms with E-state index in [1.54, 1.807) is 0 Å². The molecule has 1 aliphatic heterocycles. The molecule has 0 saturated carbocycles. The molecule has 1 saturated heterocycles. The lowest BCUT2D eigenvalue weighted by molar-refractivity contribution is -0.152. The second-order valence-electron chi connectivity index (χ2n) is 7.62. The lowest BCUT2D eigenvalue weighted by Gasteiger charge is -2.46. The Hall–Kier alpha value is -0.120. The van der Waals surface area contributed by atoms with Crippen LogP contribution in [-0.4, -0.2) is 31.5 Å². The van der Waals surface area contributed by atoms with Gasteiger partial charge < -0.3 is 15.2 Å². The quantitative estimate of drug-likeness (QED) is 0.462. The fourth-order valence-electron chi connectivity index (χ4n) is 4.11. The molecule has 1 rings (SSSR count). The molecule has 24 heavy (non-hydrogen) atoms.